The van der Waals surface area contributed by atoms with Crippen molar-refractivity contribution in [3.05, 3.63) is 52.1 Å². The summed E-state index contributed by atoms with van der Waals surface area (Å²) in [5.41, 5.74) is 1.48. The molecule has 0 atom stereocenters. The van der Waals surface area contributed by atoms with Gasteiger partial charge in [-0.2, -0.15) is 4.98 Å². The predicted molar refractivity (Wildman–Crippen MR) is 127 cm³/mol. The van der Waals surface area contributed by atoms with Gasteiger partial charge in [0.05, 0.1) is 23.5 Å². The number of aromatic nitrogens is 3. The molecule has 0 aliphatic carbocycles. The molecule has 0 bridgehead atoms. The van der Waals surface area contributed by atoms with E-state index in [9.17, 15) is 4.79 Å². The average molecular weight is 474 g/mol. The molecule has 1 fully saturated rings. The highest BCUT2D eigenvalue weighted by atomic mass is 35.5. The average Bonchev–Trinajstić information content (AvgIpc) is 3.26. The fourth-order valence-corrected chi connectivity index (χ4v) is 4.40. The van der Waals surface area contributed by atoms with Crippen LogP contribution in [-0.4, -0.2) is 70.2 Å². The van der Waals surface area contributed by atoms with Crippen LogP contribution in [0.1, 0.15) is 15.2 Å². The molecule has 168 valence electrons. The molecule has 3 aromatic rings. The molecule has 1 aromatic carbocycles. The summed E-state index contributed by atoms with van der Waals surface area (Å²) in [4.78, 5) is 30.6. The number of nitrogens with zero attached hydrogens (tertiary/aromatic N) is 5. The smallest absolute Gasteiger partial charge is 0.267 e. The van der Waals surface area contributed by atoms with E-state index in [1.54, 1.807) is 12.3 Å². The van der Waals surface area contributed by atoms with Crippen LogP contribution in [-0.2, 0) is 0 Å². The first kappa shape index (κ1) is 22.4. The zero-order valence-electron chi connectivity index (χ0n) is 17.6. The molecule has 1 aliphatic heterocycles. The van der Waals surface area contributed by atoms with E-state index in [1.807, 2.05) is 25.1 Å². The van der Waals surface area contributed by atoms with Gasteiger partial charge in [-0.3, -0.25) is 15.0 Å². The highest BCUT2D eigenvalue weighted by molar-refractivity contribution is 7.17. The SMILES string of the molecule is Cc1cccc(Cl)c1NC(=O)c1cnc(Nc2nccc(N3CCN(CCO)CC3)n2)s1. The molecule has 1 saturated heterocycles. The number of carbonyl (C=O) groups is 1. The molecular formula is C21H24ClN7O2S. The minimum Gasteiger partial charge on any atom is -0.395 e. The fraction of sp³-hybridized carbons (Fsp3) is 0.333. The maximum Gasteiger partial charge on any atom is 0.267 e. The Morgan fingerprint density at radius 3 is 2.78 bits per heavy atom. The first-order chi connectivity index (χ1) is 15.5. The van der Waals surface area contributed by atoms with Crippen LogP contribution in [0.3, 0.4) is 0 Å². The Balaban J connectivity index is 1.39. The topological polar surface area (TPSA) is 107 Å². The first-order valence-electron chi connectivity index (χ1n) is 10.2. The van der Waals surface area contributed by atoms with E-state index in [4.69, 9.17) is 16.7 Å². The predicted octanol–water partition coefficient (Wildman–Crippen LogP) is 3.01. The van der Waals surface area contributed by atoms with Crippen LogP contribution in [0.5, 0.6) is 0 Å². The van der Waals surface area contributed by atoms with Gasteiger partial charge in [0, 0.05) is 38.9 Å². The number of hydrogen-bond donors (Lipinski definition) is 3. The number of anilines is 4. The third kappa shape index (κ3) is 5.33. The summed E-state index contributed by atoms with van der Waals surface area (Å²) in [6, 6.07) is 7.34. The van der Waals surface area contributed by atoms with E-state index in [0.29, 0.717) is 33.2 Å². The van der Waals surface area contributed by atoms with Gasteiger partial charge in [0.15, 0.2) is 5.13 Å². The molecule has 32 heavy (non-hydrogen) atoms. The largest absolute Gasteiger partial charge is 0.395 e. The van der Waals surface area contributed by atoms with Crippen LogP contribution in [0, 0.1) is 6.92 Å². The molecule has 0 spiro atoms. The molecule has 2 aromatic heterocycles. The van der Waals surface area contributed by atoms with Gasteiger partial charge < -0.3 is 15.3 Å². The summed E-state index contributed by atoms with van der Waals surface area (Å²) in [7, 11) is 0. The third-order valence-corrected chi connectivity index (χ3v) is 6.39. The number of aliphatic hydroxyl groups excluding tert-OH is 1. The second-order valence-corrected chi connectivity index (χ2v) is 8.77. The Morgan fingerprint density at radius 1 is 1.22 bits per heavy atom. The summed E-state index contributed by atoms with van der Waals surface area (Å²) in [5, 5.41) is 16.0. The highest BCUT2D eigenvalue weighted by Crippen LogP contribution is 2.28. The van der Waals surface area contributed by atoms with Gasteiger partial charge in [-0.05, 0) is 24.6 Å². The van der Waals surface area contributed by atoms with Gasteiger partial charge in [0.1, 0.15) is 10.7 Å². The van der Waals surface area contributed by atoms with Crippen LogP contribution in [0.25, 0.3) is 0 Å². The molecule has 1 amide bonds. The molecule has 11 heteroatoms. The van der Waals surface area contributed by atoms with Crippen LogP contribution >= 0.6 is 22.9 Å². The number of halogens is 1. The zero-order chi connectivity index (χ0) is 22.5. The van der Waals surface area contributed by atoms with Crippen molar-refractivity contribution < 1.29 is 9.90 Å². The molecule has 0 unspecified atom stereocenters. The number of β-amino-alcohol motifs (C(OH)–C–C–N with tert-alkyl or cyclic N) is 1. The number of para-hydroxylation sites is 1. The quantitative estimate of drug-likeness (QED) is 0.480. The molecule has 4 rings (SSSR count). The minimum absolute atomic E-state index is 0.174. The van der Waals surface area contributed by atoms with Crippen LogP contribution < -0.4 is 15.5 Å². The summed E-state index contributed by atoms with van der Waals surface area (Å²) >= 11 is 7.42. The summed E-state index contributed by atoms with van der Waals surface area (Å²) in [6.45, 7) is 6.18. The zero-order valence-corrected chi connectivity index (χ0v) is 19.2. The number of amides is 1. The number of piperazine rings is 1. The monoisotopic (exact) mass is 473 g/mol. The number of aliphatic hydroxyl groups is 1. The Labute approximate surface area is 195 Å². The van der Waals surface area contributed by atoms with Crippen molar-refractivity contribution in [2.24, 2.45) is 0 Å². The molecule has 3 heterocycles. The second-order valence-electron chi connectivity index (χ2n) is 7.33. The number of aryl methyl sites for hydroxylation is 1. The van der Waals surface area contributed by atoms with Gasteiger partial charge in [0.25, 0.3) is 5.91 Å². The normalized spacial score (nSPS) is 14.4. The minimum atomic E-state index is -0.276. The molecule has 1 aliphatic rings. The van der Waals surface area contributed by atoms with Crippen molar-refractivity contribution in [3.63, 3.8) is 0 Å². The van der Waals surface area contributed by atoms with Crippen molar-refractivity contribution >= 4 is 51.4 Å². The van der Waals surface area contributed by atoms with Gasteiger partial charge in [-0.15, -0.1) is 0 Å². The lowest BCUT2D eigenvalue weighted by Crippen LogP contribution is -2.47. The Hall–Kier alpha value is -2.79. The maximum absolute atomic E-state index is 12.6. The number of nitrogens with one attached hydrogen (secondary N) is 2. The van der Waals surface area contributed by atoms with Gasteiger partial charge >= 0.3 is 0 Å². The van der Waals surface area contributed by atoms with Crippen molar-refractivity contribution in [2.45, 2.75) is 6.92 Å². The van der Waals surface area contributed by atoms with E-state index < -0.39 is 0 Å². The molecule has 3 N–H and O–H groups in total. The Bertz CT molecular complexity index is 1070. The van der Waals surface area contributed by atoms with E-state index in [1.165, 1.54) is 17.5 Å². The van der Waals surface area contributed by atoms with E-state index in [-0.39, 0.29) is 12.5 Å². The van der Waals surface area contributed by atoms with Crippen LogP contribution in [0.4, 0.5) is 22.6 Å². The Kier molecular flexibility index (Phi) is 7.15. The number of carbonyl (C=O) groups excluding carboxylic acids is 1. The van der Waals surface area contributed by atoms with Crippen molar-refractivity contribution in [2.75, 3.05) is 54.9 Å². The number of thiazole rings is 1. The lowest BCUT2D eigenvalue weighted by molar-refractivity contribution is 0.103. The maximum atomic E-state index is 12.6. The summed E-state index contributed by atoms with van der Waals surface area (Å²) < 4.78 is 0. The number of hydrogen-bond acceptors (Lipinski definition) is 9. The number of rotatable bonds is 7. The molecule has 0 radical (unpaired) electrons. The van der Waals surface area contributed by atoms with E-state index in [2.05, 4.69) is 35.4 Å². The first-order valence-corrected chi connectivity index (χ1v) is 11.4. The fourth-order valence-electron chi connectivity index (χ4n) is 3.43. The summed E-state index contributed by atoms with van der Waals surface area (Å²) in [5.74, 6) is 0.973. The van der Waals surface area contributed by atoms with Crippen LogP contribution in [0.15, 0.2) is 36.7 Å². The van der Waals surface area contributed by atoms with Gasteiger partial charge in [0.2, 0.25) is 5.95 Å². The molecule has 9 nitrogen and oxygen atoms in total. The third-order valence-electron chi connectivity index (χ3n) is 5.16. The van der Waals surface area contributed by atoms with Crippen molar-refractivity contribution in [1.82, 2.24) is 19.9 Å². The lowest BCUT2D eigenvalue weighted by atomic mass is 10.2. The molecule has 0 saturated carbocycles. The van der Waals surface area contributed by atoms with Gasteiger partial charge in [-0.1, -0.05) is 35.1 Å². The molecular weight excluding hydrogens is 450 g/mol. The standard InChI is InChI=1S/C21H24ClN7O2S/c1-14-3-2-4-15(22)18(14)26-19(31)16-13-24-21(32-16)27-20-23-6-5-17(25-20)29-9-7-28(8-10-29)11-12-30/h2-6,13,30H,7-12H2,1H3,(H,26,31)(H,23,24,25,27). The van der Waals surface area contributed by atoms with Gasteiger partial charge in [-0.25, -0.2) is 9.97 Å². The lowest BCUT2D eigenvalue weighted by Gasteiger charge is -2.35. The van der Waals surface area contributed by atoms with Crippen LogP contribution in [0.2, 0.25) is 5.02 Å². The summed E-state index contributed by atoms with van der Waals surface area (Å²) in [6.07, 6.45) is 3.21. The van der Waals surface area contributed by atoms with Crippen molar-refractivity contribution in [3.8, 4) is 0 Å². The number of benzene rings is 1. The van der Waals surface area contributed by atoms with E-state index in [0.717, 1.165) is 37.6 Å². The second kappa shape index (κ2) is 10.2. The highest BCUT2D eigenvalue weighted by Gasteiger charge is 2.19. The Morgan fingerprint density at radius 2 is 2.03 bits per heavy atom. The van der Waals surface area contributed by atoms with E-state index >= 15 is 0 Å². The van der Waals surface area contributed by atoms with Crippen molar-refractivity contribution in [1.29, 1.82) is 0 Å².